The zero-order valence-corrected chi connectivity index (χ0v) is 6.45. The molecule has 0 N–H and O–H groups in total. The topological polar surface area (TPSA) is 29.6 Å². The molecule has 1 heterocycles. The Hall–Kier alpha value is -0.370. The molecule has 2 heteroatoms. The van der Waals surface area contributed by atoms with Gasteiger partial charge in [0.05, 0.1) is 12.2 Å². The Morgan fingerprint density at radius 3 is 3.00 bits per heavy atom. The van der Waals surface area contributed by atoms with Crippen molar-refractivity contribution in [3.8, 4) is 0 Å². The van der Waals surface area contributed by atoms with E-state index in [0.29, 0.717) is 23.9 Å². The zero-order chi connectivity index (χ0) is 7.42. The van der Waals surface area contributed by atoms with Gasteiger partial charge in [-0.3, -0.25) is 4.79 Å². The molecular formula is C9H12O2. The molecule has 2 bridgehead atoms. The lowest BCUT2D eigenvalue weighted by Gasteiger charge is -2.16. The van der Waals surface area contributed by atoms with Crippen LogP contribution in [-0.2, 0) is 9.53 Å². The van der Waals surface area contributed by atoms with E-state index >= 15 is 0 Å². The van der Waals surface area contributed by atoms with Gasteiger partial charge in [0, 0.05) is 12.3 Å². The van der Waals surface area contributed by atoms with Gasteiger partial charge in [-0.2, -0.15) is 0 Å². The minimum atomic E-state index is 0.291. The lowest BCUT2D eigenvalue weighted by atomic mass is 9.84. The van der Waals surface area contributed by atoms with Crippen molar-refractivity contribution in [3.05, 3.63) is 0 Å². The summed E-state index contributed by atoms with van der Waals surface area (Å²) in [5.41, 5.74) is 0. The van der Waals surface area contributed by atoms with Crippen LogP contribution in [0.25, 0.3) is 0 Å². The molecule has 0 aromatic rings. The molecule has 0 spiro atoms. The highest BCUT2D eigenvalue weighted by Gasteiger charge is 2.56. The standard InChI is InChI=1S/C9H12O2/c10-7-4-2-5-1-3-6(7)9-8(5)11-9/h5-6,8-9H,1-4H2. The molecule has 4 fully saturated rings. The molecular weight excluding hydrogens is 140 g/mol. The number of fused-ring (bicyclic) bond motifs is 3. The van der Waals surface area contributed by atoms with Crippen molar-refractivity contribution < 1.29 is 9.53 Å². The molecule has 2 nitrogen and oxygen atoms in total. The minimum absolute atomic E-state index is 0.291. The third-order valence-corrected chi connectivity index (χ3v) is 3.45. The van der Waals surface area contributed by atoms with Crippen molar-refractivity contribution >= 4 is 5.78 Å². The van der Waals surface area contributed by atoms with E-state index < -0.39 is 0 Å². The summed E-state index contributed by atoms with van der Waals surface area (Å²) in [6.45, 7) is 0. The second-order valence-electron chi connectivity index (χ2n) is 4.01. The summed E-state index contributed by atoms with van der Waals surface area (Å²) < 4.78 is 5.49. The van der Waals surface area contributed by atoms with E-state index in [9.17, 15) is 4.79 Å². The van der Waals surface area contributed by atoms with E-state index in [1.54, 1.807) is 0 Å². The van der Waals surface area contributed by atoms with Gasteiger partial charge in [0.15, 0.2) is 0 Å². The summed E-state index contributed by atoms with van der Waals surface area (Å²) in [6, 6.07) is 0. The number of hydrogen-bond donors (Lipinski definition) is 0. The minimum Gasteiger partial charge on any atom is -0.369 e. The molecule has 0 aromatic carbocycles. The van der Waals surface area contributed by atoms with Crippen molar-refractivity contribution in [2.75, 3.05) is 0 Å². The predicted molar refractivity (Wildman–Crippen MR) is 39.1 cm³/mol. The van der Waals surface area contributed by atoms with Gasteiger partial charge in [-0.05, 0) is 25.2 Å². The van der Waals surface area contributed by atoms with Crippen molar-refractivity contribution in [1.82, 2.24) is 0 Å². The average Bonchev–Trinajstić information content (AvgIpc) is 2.74. The van der Waals surface area contributed by atoms with Gasteiger partial charge in [0.25, 0.3) is 0 Å². The van der Waals surface area contributed by atoms with Crippen LogP contribution in [-0.4, -0.2) is 18.0 Å². The van der Waals surface area contributed by atoms with Crippen molar-refractivity contribution in [1.29, 1.82) is 0 Å². The first kappa shape index (κ1) is 6.18. The third kappa shape index (κ3) is 0.734. The number of Topliss-reactive ketones (excluding diaryl/α,β-unsaturated/α-hetero) is 1. The van der Waals surface area contributed by atoms with Crippen molar-refractivity contribution in [3.63, 3.8) is 0 Å². The van der Waals surface area contributed by atoms with Crippen LogP contribution in [0.3, 0.4) is 0 Å². The second-order valence-corrected chi connectivity index (χ2v) is 4.01. The Kier molecular flexibility index (Phi) is 1.05. The van der Waals surface area contributed by atoms with Crippen LogP contribution >= 0.6 is 0 Å². The maximum absolute atomic E-state index is 11.4. The van der Waals surface area contributed by atoms with Gasteiger partial charge < -0.3 is 4.74 Å². The summed E-state index contributed by atoms with van der Waals surface area (Å²) in [4.78, 5) is 11.4. The highest BCUT2D eigenvalue weighted by molar-refractivity contribution is 5.82. The molecule has 4 unspecified atom stereocenters. The zero-order valence-electron chi connectivity index (χ0n) is 6.45. The smallest absolute Gasteiger partial charge is 0.138 e. The summed E-state index contributed by atoms with van der Waals surface area (Å²) in [7, 11) is 0. The van der Waals surface area contributed by atoms with E-state index in [1.165, 1.54) is 6.42 Å². The summed E-state index contributed by atoms with van der Waals surface area (Å²) in [5.74, 6) is 1.49. The molecule has 0 amide bonds. The Morgan fingerprint density at radius 2 is 2.09 bits per heavy atom. The predicted octanol–water partition coefficient (Wildman–Crippen LogP) is 1.14. The number of rotatable bonds is 0. The molecule has 4 rings (SSSR count). The Labute approximate surface area is 65.9 Å². The van der Waals surface area contributed by atoms with Gasteiger partial charge in [-0.1, -0.05) is 0 Å². The molecule has 4 aliphatic rings. The highest BCUT2D eigenvalue weighted by Crippen LogP contribution is 2.49. The summed E-state index contributed by atoms with van der Waals surface area (Å²) >= 11 is 0. The van der Waals surface area contributed by atoms with Gasteiger partial charge >= 0.3 is 0 Å². The number of hydrogen-bond acceptors (Lipinski definition) is 2. The van der Waals surface area contributed by atoms with Crippen LogP contribution in [0.1, 0.15) is 25.7 Å². The number of carbonyl (C=O) groups is 1. The van der Waals surface area contributed by atoms with E-state index in [2.05, 4.69) is 0 Å². The van der Waals surface area contributed by atoms with E-state index in [0.717, 1.165) is 25.2 Å². The number of ketones is 1. The first-order valence-electron chi connectivity index (χ1n) is 4.54. The third-order valence-electron chi connectivity index (χ3n) is 3.45. The van der Waals surface area contributed by atoms with Crippen LogP contribution < -0.4 is 0 Å². The molecule has 0 aromatic heterocycles. The lowest BCUT2D eigenvalue weighted by molar-refractivity contribution is -0.123. The van der Waals surface area contributed by atoms with Crippen LogP contribution in [0.5, 0.6) is 0 Å². The molecule has 3 aliphatic carbocycles. The largest absolute Gasteiger partial charge is 0.369 e. The second kappa shape index (κ2) is 1.86. The number of ether oxygens (including phenoxy) is 1. The molecule has 11 heavy (non-hydrogen) atoms. The Morgan fingerprint density at radius 1 is 1.18 bits per heavy atom. The molecule has 60 valence electrons. The van der Waals surface area contributed by atoms with Gasteiger partial charge in [-0.15, -0.1) is 0 Å². The van der Waals surface area contributed by atoms with E-state index in [-0.39, 0.29) is 0 Å². The van der Waals surface area contributed by atoms with Crippen LogP contribution in [0.2, 0.25) is 0 Å². The molecule has 0 radical (unpaired) electrons. The number of carbonyl (C=O) groups excluding carboxylic acids is 1. The fourth-order valence-corrected chi connectivity index (χ4v) is 2.73. The summed E-state index contributed by atoms with van der Waals surface area (Å²) in [6.07, 6.45) is 5.09. The van der Waals surface area contributed by atoms with Crippen LogP contribution in [0.4, 0.5) is 0 Å². The first-order valence-corrected chi connectivity index (χ1v) is 4.54. The average molecular weight is 152 g/mol. The van der Waals surface area contributed by atoms with Gasteiger partial charge in [-0.25, -0.2) is 0 Å². The van der Waals surface area contributed by atoms with E-state index in [1.807, 2.05) is 0 Å². The molecule has 3 saturated carbocycles. The van der Waals surface area contributed by atoms with Crippen LogP contribution in [0.15, 0.2) is 0 Å². The summed E-state index contributed by atoms with van der Waals surface area (Å²) in [5, 5.41) is 0. The molecule has 4 atom stereocenters. The Balaban J connectivity index is 1.96. The van der Waals surface area contributed by atoms with Crippen molar-refractivity contribution in [2.45, 2.75) is 37.9 Å². The first-order chi connectivity index (χ1) is 5.36. The van der Waals surface area contributed by atoms with Crippen LogP contribution in [0, 0.1) is 11.8 Å². The van der Waals surface area contributed by atoms with Crippen molar-refractivity contribution in [2.24, 2.45) is 11.8 Å². The van der Waals surface area contributed by atoms with Gasteiger partial charge in [0.1, 0.15) is 5.78 Å². The van der Waals surface area contributed by atoms with Gasteiger partial charge in [0.2, 0.25) is 0 Å². The maximum atomic E-state index is 11.4. The SMILES string of the molecule is O=C1CCC2CCC1C1OC21. The highest BCUT2D eigenvalue weighted by atomic mass is 16.6. The number of epoxide rings is 1. The fourth-order valence-electron chi connectivity index (χ4n) is 2.73. The fraction of sp³-hybridized carbons (Fsp3) is 0.889. The Bertz CT molecular complexity index is 212. The lowest BCUT2D eigenvalue weighted by Crippen LogP contribution is -2.24. The maximum Gasteiger partial charge on any atom is 0.138 e. The normalized spacial score (nSPS) is 53.6. The molecule has 1 saturated heterocycles. The monoisotopic (exact) mass is 152 g/mol. The molecule has 1 aliphatic heterocycles. The van der Waals surface area contributed by atoms with E-state index in [4.69, 9.17) is 4.74 Å². The quantitative estimate of drug-likeness (QED) is 0.487.